The number of ether oxygens (including phenoxy) is 2. The summed E-state index contributed by atoms with van der Waals surface area (Å²) in [6.07, 6.45) is 7.67. The molecule has 1 aliphatic carbocycles. The first-order chi connectivity index (χ1) is 11.6. The summed E-state index contributed by atoms with van der Waals surface area (Å²) in [6, 6.07) is 3.48. The van der Waals surface area contributed by atoms with Crippen LogP contribution in [0.3, 0.4) is 0 Å². The number of carbonyl (C=O) groups is 1. The second-order valence-electron chi connectivity index (χ2n) is 7.10. The quantitative estimate of drug-likeness (QED) is 0.567. The molecule has 0 N–H and O–H groups in total. The van der Waals surface area contributed by atoms with E-state index >= 15 is 0 Å². The third-order valence-corrected chi connectivity index (χ3v) is 5.55. The van der Waals surface area contributed by atoms with Crippen molar-refractivity contribution in [3.05, 3.63) is 23.5 Å². The summed E-state index contributed by atoms with van der Waals surface area (Å²) >= 11 is 0. The Balaban J connectivity index is 1.71. The molecular weight excluding hydrogens is 307 g/mol. The zero-order valence-electron chi connectivity index (χ0n) is 14.6. The van der Waals surface area contributed by atoms with E-state index in [0.29, 0.717) is 18.9 Å². The minimum absolute atomic E-state index is 0.0712. The van der Waals surface area contributed by atoms with Crippen molar-refractivity contribution in [2.45, 2.75) is 58.8 Å². The lowest BCUT2D eigenvalue weighted by molar-refractivity contribution is -0.143. The van der Waals surface area contributed by atoms with E-state index in [1.165, 1.54) is 25.7 Å². The summed E-state index contributed by atoms with van der Waals surface area (Å²) in [5.74, 6) is 0.460. The van der Waals surface area contributed by atoms with Gasteiger partial charge in [-0.05, 0) is 49.7 Å². The van der Waals surface area contributed by atoms with E-state index in [1.54, 1.807) is 13.0 Å². The van der Waals surface area contributed by atoms with E-state index < -0.39 is 5.82 Å². The number of halogens is 1. The van der Waals surface area contributed by atoms with Crippen molar-refractivity contribution < 1.29 is 18.7 Å². The lowest BCUT2D eigenvalue weighted by Gasteiger charge is -2.35. The van der Waals surface area contributed by atoms with Gasteiger partial charge in [0.2, 0.25) is 5.82 Å². The van der Waals surface area contributed by atoms with E-state index in [9.17, 15) is 9.18 Å². The molecule has 1 aromatic carbocycles. The van der Waals surface area contributed by atoms with E-state index in [4.69, 9.17) is 9.47 Å². The highest BCUT2D eigenvalue weighted by Gasteiger charge is 2.38. The van der Waals surface area contributed by atoms with Crippen molar-refractivity contribution in [1.82, 2.24) is 0 Å². The normalized spacial score (nSPS) is 26.6. The number of carbonyl (C=O) groups excluding carboxylic acids is 1. The zero-order chi connectivity index (χ0) is 17.1. The molecule has 0 aromatic heterocycles. The Morgan fingerprint density at radius 1 is 1.21 bits per heavy atom. The molecule has 0 bridgehead atoms. The summed E-state index contributed by atoms with van der Waals surface area (Å²) < 4.78 is 25.1. The molecule has 24 heavy (non-hydrogen) atoms. The maximum absolute atomic E-state index is 14.4. The third-order valence-electron chi connectivity index (χ3n) is 5.55. The third kappa shape index (κ3) is 3.42. The molecule has 0 saturated heterocycles. The largest absolute Gasteiger partial charge is 0.491 e. The minimum atomic E-state index is -0.548. The van der Waals surface area contributed by atoms with Gasteiger partial charge < -0.3 is 9.47 Å². The van der Waals surface area contributed by atoms with Gasteiger partial charge in [-0.2, -0.15) is 4.39 Å². The van der Waals surface area contributed by atoms with Crippen LogP contribution in [0.25, 0.3) is 0 Å². The molecule has 1 heterocycles. The minimum Gasteiger partial charge on any atom is -0.491 e. The Hall–Kier alpha value is -1.58. The Bertz CT molecular complexity index is 591. The summed E-state index contributed by atoms with van der Waals surface area (Å²) in [6.45, 7) is 4.41. The lowest BCUT2D eigenvalue weighted by Crippen LogP contribution is -2.35. The van der Waals surface area contributed by atoms with Gasteiger partial charge in [0.1, 0.15) is 0 Å². The Labute approximate surface area is 143 Å². The number of esters is 1. The number of hydrogen-bond donors (Lipinski definition) is 0. The molecule has 1 unspecified atom stereocenters. The fourth-order valence-corrected chi connectivity index (χ4v) is 4.26. The molecule has 3 nitrogen and oxygen atoms in total. The van der Waals surface area contributed by atoms with E-state index in [-0.39, 0.29) is 23.4 Å². The summed E-state index contributed by atoms with van der Waals surface area (Å²) in [5, 5.41) is 0. The van der Waals surface area contributed by atoms with Crippen LogP contribution in [-0.4, -0.2) is 12.6 Å². The lowest BCUT2D eigenvalue weighted by atomic mass is 9.72. The fourth-order valence-electron chi connectivity index (χ4n) is 4.26. The van der Waals surface area contributed by atoms with Crippen molar-refractivity contribution in [3.8, 4) is 11.5 Å². The maximum Gasteiger partial charge on any atom is 0.315 e. The average molecular weight is 334 g/mol. The first-order valence-electron chi connectivity index (χ1n) is 9.29. The standard InChI is InChI=1S/C20H27FO3/c1-3-5-13-6-8-14(9-7-13)16-12-15-10-11-17(23-4-2)18(21)19(15)24-20(16)22/h10-11,13-14,16H,3-9,12H2,1-2H3. The monoisotopic (exact) mass is 334 g/mol. The van der Waals surface area contributed by atoms with Crippen molar-refractivity contribution in [2.24, 2.45) is 17.8 Å². The predicted molar refractivity (Wildman–Crippen MR) is 90.8 cm³/mol. The van der Waals surface area contributed by atoms with E-state index in [1.807, 2.05) is 6.07 Å². The number of benzene rings is 1. The van der Waals surface area contributed by atoms with Gasteiger partial charge in [-0.15, -0.1) is 0 Å². The molecule has 132 valence electrons. The van der Waals surface area contributed by atoms with Crippen LogP contribution in [0.2, 0.25) is 0 Å². The van der Waals surface area contributed by atoms with E-state index in [2.05, 4.69) is 6.92 Å². The van der Waals surface area contributed by atoms with Crippen LogP contribution in [0, 0.1) is 23.6 Å². The van der Waals surface area contributed by atoms with Gasteiger partial charge in [-0.1, -0.05) is 38.7 Å². The van der Waals surface area contributed by atoms with Gasteiger partial charge >= 0.3 is 5.97 Å². The summed E-state index contributed by atoms with van der Waals surface area (Å²) in [4.78, 5) is 12.5. The predicted octanol–water partition coefficient (Wildman–Crippen LogP) is 4.91. The molecule has 1 aromatic rings. The van der Waals surface area contributed by atoms with Gasteiger partial charge in [-0.3, -0.25) is 4.79 Å². The van der Waals surface area contributed by atoms with Crippen molar-refractivity contribution in [3.63, 3.8) is 0 Å². The van der Waals surface area contributed by atoms with Crippen molar-refractivity contribution in [1.29, 1.82) is 0 Å². The zero-order valence-corrected chi connectivity index (χ0v) is 14.6. The molecule has 0 amide bonds. The molecule has 1 atom stereocenters. The van der Waals surface area contributed by atoms with E-state index in [0.717, 1.165) is 24.3 Å². The van der Waals surface area contributed by atoms with Crippen LogP contribution in [0.5, 0.6) is 11.5 Å². The van der Waals surface area contributed by atoms with Crippen LogP contribution in [-0.2, 0) is 11.2 Å². The molecule has 1 fully saturated rings. The highest BCUT2D eigenvalue weighted by molar-refractivity contribution is 5.78. The molecule has 1 saturated carbocycles. The molecule has 2 aliphatic rings. The van der Waals surface area contributed by atoms with Gasteiger partial charge in [0.05, 0.1) is 12.5 Å². The highest BCUT2D eigenvalue weighted by Crippen LogP contribution is 2.42. The van der Waals surface area contributed by atoms with Crippen LogP contribution in [0.4, 0.5) is 4.39 Å². The molecule has 1 aliphatic heterocycles. The highest BCUT2D eigenvalue weighted by atomic mass is 19.1. The van der Waals surface area contributed by atoms with Gasteiger partial charge in [0.25, 0.3) is 0 Å². The van der Waals surface area contributed by atoms with Crippen LogP contribution in [0.15, 0.2) is 12.1 Å². The Kier molecular flexibility index (Phi) is 5.42. The molecule has 3 rings (SSSR count). The Morgan fingerprint density at radius 2 is 1.96 bits per heavy atom. The molecule has 0 spiro atoms. The molecule has 4 heteroatoms. The maximum atomic E-state index is 14.4. The number of fused-ring (bicyclic) bond motifs is 1. The second kappa shape index (κ2) is 7.54. The van der Waals surface area contributed by atoms with Crippen LogP contribution in [0.1, 0.15) is 57.9 Å². The first-order valence-corrected chi connectivity index (χ1v) is 9.29. The fraction of sp³-hybridized carbons (Fsp3) is 0.650. The summed E-state index contributed by atoms with van der Waals surface area (Å²) in [7, 11) is 0. The van der Waals surface area contributed by atoms with Crippen molar-refractivity contribution in [2.75, 3.05) is 6.61 Å². The van der Waals surface area contributed by atoms with Gasteiger partial charge in [0, 0.05) is 0 Å². The molecular formula is C20H27FO3. The van der Waals surface area contributed by atoms with Crippen LogP contribution < -0.4 is 9.47 Å². The second-order valence-corrected chi connectivity index (χ2v) is 7.10. The Morgan fingerprint density at radius 3 is 2.62 bits per heavy atom. The average Bonchev–Trinajstić information content (AvgIpc) is 2.59. The smallest absolute Gasteiger partial charge is 0.315 e. The van der Waals surface area contributed by atoms with Crippen molar-refractivity contribution >= 4 is 5.97 Å². The molecule has 0 radical (unpaired) electrons. The number of hydrogen-bond acceptors (Lipinski definition) is 3. The topological polar surface area (TPSA) is 35.5 Å². The van der Waals surface area contributed by atoms with Crippen LogP contribution >= 0.6 is 0 Å². The van der Waals surface area contributed by atoms with Gasteiger partial charge in [0.15, 0.2) is 11.5 Å². The number of rotatable bonds is 5. The first kappa shape index (κ1) is 17.2. The summed E-state index contributed by atoms with van der Waals surface area (Å²) in [5.41, 5.74) is 0.788. The SMILES string of the molecule is CCCC1CCC(C2Cc3ccc(OCC)c(F)c3OC2=O)CC1. The van der Waals surface area contributed by atoms with Gasteiger partial charge in [-0.25, -0.2) is 0 Å².